The van der Waals surface area contributed by atoms with Crippen molar-refractivity contribution in [2.24, 2.45) is 0 Å². The van der Waals surface area contributed by atoms with Crippen LogP contribution in [0.15, 0.2) is 53.4 Å². The third-order valence-electron chi connectivity index (χ3n) is 5.26. The van der Waals surface area contributed by atoms with Gasteiger partial charge in [0.2, 0.25) is 10.0 Å². The van der Waals surface area contributed by atoms with E-state index < -0.39 is 16.0 Å². The molecule has 1 fully saturated rings. The highest BCUT2D eigenvalue weighted by molar-refractivity contribution is 7.89. The Morgan fingerprint density at radius 1 is 1.03 bits per heavy atom. The summed E-state index contributed by atoms with van der Waals surface area (Å²) in [6, 6.07) is 14.2. The number of hydrogen-bond acceptors (Lipinski definition) is 4. The van der Waals surface area contributed by atoms with Gasteiger partial charge in [0, 0.05) is 43.7 Å². The zero-order chi connectivity index (χ0) is 21.0. The summed E-state index contributed by atoms with van der Waals surface area (Å²) in [5.74, 6) is -0.828. The van der Waals surface area contributed by atoms with Gasteiger partial charge in [0.25, 0.3) is 0 Å². The summed E-state index contributed by atoms with van der Waals surface area (Å²) in [7, 11) is -3.57. The average molecular weight is 437 g/mol. The van der Waals surface area contributed by atoms with E-state index in [2.05, 4.69) is 4.90 Å². The lowest BCUT2D eigenvalue weighted by atomic mass is 9.98. The fraction of sp³-hybridized carbons (Fsp3) is 0.381. The molecule has 2 aromatic carbocycles. The number of halogens is 1. The lowest BCUT2D eigenvalue weighted by Crippen LogP contribution is -2.49. The molecule has 1 saturated heterocycles. The van der Waals surface area contributed by atoms with Gasteiger partial charge in [-0.05, 0) is 43.2 Å². The summed E-state index contributed by atoms with van der Waals surface area (Å²) < 4.78 is 27.3. The molecule has 0 unspecified atom stereocenters. The number of benzene rings is 2. The van der Waals surface area contributed by atoms with Gasteiger partial charge in [-0.25, -0.2) is 8.42 Å². The predicted octanol–water partition coefficient (Wildman–Crippen LogP) is 3.56. The third kappa shape index (κ3) is 5.36. The highest BCUT2D eigenvalue weighted by Gasteiger charge is 2.31. The average Bonchev–Trinajstić information content (AvgIpc) is 2.70. The molecule has 0 aromatic heterocycles. The van der Waals surface area contributed by atoms with Gasteiger partial charge in [0.15, 0.2) is 0 Å². The van der Waals surface area contributed by atoms with Gasteiger partial charge in [0.1, 0.15) is 0 Å². The molecule has 1 aliphatic heterocycles. The first-order valence-electron chi connectivity index (χ1n) is 9.55. The molecule has 0 amide bonds. The molecule has 0 bridgehead atoms. The summed E-state index contributed by atoms with van der Waals surface area (Å²) in [5, 5.41) is 9.62. The molecule has 8 heteroatoms. The van der Waals surface area contributed by atoms with E-state index in [1.54, 1.807) is 12.1 Å². The number of carboxylic acids is 1. The van der Waals surface area contributed by atoms with Crippen LogP contribution in [0.2, 0.25) is 5.02 Å². The highest BCUT2D eigenvalue weighted by Crippen LogP contribution is 2.29. The van der Waals surface area contributed by atoms with Crippen molar-refractivity contribution in [2.45, 2.75) is 30.7 Å². The van der Waals surface area contributed by atoms with Crippen LogP contribution in [0.3, 0.4) is 0 Å². The summed E-state index contributed by atoms with van der Waals surface area (Å²) in [4.78, 5) is 13.5. The zero-order valence-electron chi connectivity index (χ0n) is 16.3. The molecule has 29 heavy (non-hydrogen) atoms. The highest BCUT2D eigenvalue weighted by atomic mass is 35.5. The quantitative estimate of drug-likeness (QED) is 0.718. The normalized spacial score (nSPS) is 17.2. The number of rotatable bonds is 7. The Morgan fingerprint density at radius 3 is 2.17 bits per heavy atom. The van der Waals surface area contributed by atoms with Crippen molar-refractivity contribution in [3.05, 3.63) is 64.7 Å². The Labute approximate surface area is 176 Å². The fourth-order valence-electron chi connectivity index (χ4n) is 3.62. The van der Waals surface area contributed by atoms with E-state index in [-0.39, 0.29) is 17.4 Å². The minimum atomic E-state index is -3.57. The van der Waals surface area contributed by atoms with Gasteiger partial charge in [-0.2, -0.15) is 4.31 Å². The van der Waals surface area contributed by atoms with E-state index in [0.29, 0.717) is 37.6 Å². The number of aliphatic carboxylic acids is 1. The van der Waals surface area contributed by atoms with Crippen LogP contribution in [-0.4, -0.2) is 54.9 Å². The van der Waals surface area contributed by atoms with E-state index in [1.165, 1.54) is 16.4 Å². The number of nitrogens with zero attached hydrogens (tertiary/aromatic N) is 2. The maximum absolute atomic E-state index is 12.9. The van der Waals surface area contributed by atoms with Gasteiger partial charge >= 0.3 is 5.97 Å². The third-order valence-corrected chi connectivity index (χ3v) is 7.42. The lowest BCUT2D eigenvalue weighted by molar-refractivity contribution is -0.137. The summed E-state index contributed by atoms with van der Waals surface area (Å²) in [5.41, 5.74) is 2.20. The molecule has 6 nitrogen and oxygen atoms in total. The van der Waals surface area contributed by atoms with E-state index in [9.17, 15) is 13.2 Å². The Morgan fingerprint density at radius 2 is 1.62 bits per heavy atom. The first kappa shape index (κ1) is 21.8. The van der Waals surface area contributed by atoms with E-state index in [1.807, 2.05) is 31.2 Å². The van der Waals surface area contributed by atoms with Crippen molar-refractivity contribution < 1.29 is 18.3 Å². The van der Waals surface area contributed by atoms with Crippen molar-refractivity contribution >= 4 is 27.6 Å². The van der Waals surface area contributed by atoms with E-state index in [4.69, 9.17) is 16.7 Å². The van der Waals surface area contributed by atoms with Crippen molar-refractivity contribution in [3.63, 3.8) is 0 Å². The second kappa shape index (κ2) is 9.26. The Bertz CT molecular complexity index is 938. The van der Waals surface area contributed by atoms with Crippen LogP contribution in [0.25, 0.3) is 0 Å². The van der Waals surface area contributed by atoms with E-state index in [0.717, 1.165) is 11.1 Å². The minimum absolute atomic E-state index is 0.0490. The van der Waals surface area contributed by atoms with Crippen LogP contribution in [0.4, 0.5) is 0 Å². The molecular weight excluding hydrogens is 412 g/mol. The summed E-state index contributed by atoms with van der Waals surface area (Å²) in [6.07, 6.45) is 0.560. The Hall–Kier alpha value is -1.93. The first-order valence-corrected chi connectivity index (χ1v) is 11.4. The molecule has 1 heterocycles. The molecule has 0 saturated carbocycles. The summed E-state index contributed by atoms with van der Waals surface area (Å²) >= 11 is 5.86. The second-order valence-electron chi connectivity index (χ2n) is 7.25. The van der Waals surface area contributed by atoms with Gasteiger partial charge in [-0.15, -0.1) is 0 Å². The molecule has 1 aliphatic rings. The standard InChI is InChI=1S/C21H25ClN2O4S/c1-16-2-4-17(5-3-16)20(10-11-21(25)26)23-12-14-24(15-13-23)29(27,28)19-8-6-18(22)7-9-19/h2-9,20H,10-15H2,1H3,(H,25,26)/t20-/m1/s1. The molecule has 1 atom stereocenters. The first-order chi connectivity index (χ1) is 13.8. The molecular formula is C21H25ClN2O4S. The maximum Gasteiger partial charge on any atom is 0.303 e. The van der Waals surface area contributed by atoms with Gasteiger partial charge in [0.05, 0.1) is 4.90 Å². The van der Waals surface area contributed by atoms with Crippen molar-refractivity contribution in [1.82, 2.24) is 9.21 Å². The predicted molar refractivity (Wildman–Crippen MR) is 113 cm³/mol. The molecule has 0 spiro atoms. The number of aryl methyl sites for hydroxylation is 1. The molecule has 2 aromatic rings. The number of carbonyl (C=O) groups is 1. The van der Waals surface area contributed by atoms with Crippen LogP contribution < -0.4 is 0 Å². The van der Waals surface area contributed by atoms with Crippen LogP contribution in [0.1, 0.15) is 30.0 Å². The van der Waals surface area contributed by atoms with Crippen LogP contribution in [0, 0.1) is 6.92 Å². The smallest absolute Gasteiger partial charge is 0.303 e. The van der Waals surface area contributed by atoms with Crippen molar-refractivity contribution in [2.75, 3.05) is 26.2 Å². The Balaban J connectivity index is 1.72. The largest absolute Gasteiger partial charge is 0.481 e. The minimum Gasteiger partial charge on any atom is -0.481 e. The Kier molecular flexibility index (Phi) is 6.95. The number of hydrogen-bond donors (Lipinski definition) is 1. The molecule has 0 aliphatic carbocycles. The van der Waals surface area contributed by atoms with Crippen LogP contribution >= 0.6 is 11.6 Å². The maximum atomic E-state index is 12.9. The van der Waals surface area contributed by atoms with Crippen LogP contribution in [-0.2, 0) is 14.8 Å². The molecule has 3 rings (SSSR count). The molecule has 156 valence electrons. The topological polar surface area (TPSA) is 77.9 Å². The zero-order valence-corrected chi connectivity index (χ0v) is 17.9. The van der Waals surface area contributed by atoms with Gasteiger partial charge in [-0.3, -0.25) is 9.69 Å². The van der Waals surface area contributed by atoms with Crippen molar-refractivity contribution in [1.29, 1.82) is 0 Å². The van der Waals surface area contributed by atoms with Crippen LogP contribution in [0.5, 0.6) is 0 Å². The fourth-order valence-corrected chi connectivity index (χ4v) is 5.17. The number of sulfonamides is 1. The SMILES string of the molecule is Cc1ccc([C@@H](CCC(=O)O)N2CCN(S(=O)(=O)c3ccc(Cl)cc3)CC2)cc1. The van der Waals surface area contributed by atoms with Crippen molar-refractivity contribution in [3.8, 4) is 0 Å². The van der Waals surface area contributed by atoms with Gasteiger partial charge < -0.3 is 5.11 Å². The number of carboxylic acid groups (broad SMARTS) is 1. The summed E-state index contributed by atoms with van der Waals surface area (Å²) in [6.45, 7) is 3.83. The monoisotopic (exact) mass is 436 g/mol. The number of piperazine rings is 1. The molecule has 0 radical (unpaired) electrons. The second-order valence-corrected chi connectivity index (χ2v) is 9.63. The van der Waals surface area contributed by atoms with E-state index >= 15 is 0 Å². The van der Waals surface area contributed by atoms with Gasteiger partial charge in [-0.1, -0.05) is 41.4 Å². The lowest BCUT2D eigenvalue weighted by Gasteiger charge is -2.39. The molecule has 1 N–H and O–H groups in total.